The molecule has 0 bridgehead atoms. The fourth-order valence-corrected chi connectivity index (χ4v) is 4.30. The molecule has 1 fully saturated rings. The highest BCUT2D eigenvalue weighted by Crippen LogP contribution is 2.32. The zero-order valence-electron chi connectivity index (χ0n) is 19.1. The van der Waals surface area contributed by atoms with Crippen molar-refractivity contribution in [2.24, 2.45) is 0 Å². The molecule has 174 valence electrons. The molecule has 4 nitrogen and oxygen atoms in total. The first-order valence-electron chi connectivity index (χ1n) is 12.1. The molecule has 1 aliphatic rings. The summed E-state index contributed by atoms with van der Waals surface area (Å²) in [4.78, 5) is 0. The molecule has 4 atom stereocenters. The second kappa shape index (κ2) is 14.0. The van der Waals surface area contributed by atoms with Crippen molar-refractivity contribution < 1.29 is 19.3 Å². The van der Waals surface area contributed by atoms with Gasteiger partial charge in [-0.1, -0.05) is 81.0 Å². The van der Waals surface area contributed by atoms with Crippen LogP contribution in [0.5, 0.6) is 11.5 Å². The van der Waals surface area contributed by atoms with Crippen LogP contribution in [0.15, 0.2) is 73.3 Å². The lowest BCUT2D eigenvalue weighted by molar-refractivity contribution is -0.0203. The van der Waals surface area contributed by atoms with E-state index >= 15 is 0 Å². The van der Waals surface area contributed by atoms with Gasteiger partial charge in [0, 0.05) is 0 Å². The van der Waals surface area contributed by atoms with Crippen molar-refractivity contribution in [1.82, 2.24) is 0 Å². The molecule has 0 amide bonds. The van der Waals surface area contributed by atoms with Crippen molar-refractivity contribution in [3.05, 3.63) is 73.3 Å². The quantitative estimate of drug-likeness (QED) is 0.260. The number of aliphatic hydroxyl groups excluding tert-OH is 1. The van der Waals surface area contributed by atoms with Gasteiger partial charge in [-0.05, 0) is 43.5 Å². The number of para-hydroxylation sites is 2. The predicted octanol–water partition coefficient (Wildman–Crippen LogP) is 6.34. The van der Waals surface area contributed by atoms with Crippen LogP contribution < -0.4 is 9.47 Å². The van der Waals surface area contributed by atoms with Gasteiger partial charge in [0.15, 0.2) is 12.2 Å². The Labute approximate surface area is 193 Å². The molecular weight excluding hydrogens is 400 g/mol. The summed E-state index contributed by atoms with van der Waals surface area (Å²) in [7, 11) is 0. The Morgan fingerprint density at radius 2 is 1.22 bits per heavy atom. The zero-order valence-corrected chi connectivity index (χ0v) is 19.1. The second-order valence-electron chi connectivity index (χ2n) is 8.53. The summed E-state index contributed by atoms with van der Waals surface area (Å²) in [6.07, 6.45) is 11.5. The SMILES string of the molecule is C=CCCCCCCCCC[C@H]1O[C@H](CO)[C@@H](Oc2ccccc2)[C@@H]1Oc1ccccc1. The first kappa shape index (κ1) is 24.3. The maximum Gasteiger partial charge on any atom is 0.166 e. The molecule has 0 aliphatic carbocycles. The largest absolute Gasteiger partial charge is 0.484 e. The van der Waals surface area contributed by atoms with Gasteiger partial charge in [-0.25, -0.2) is 0 Å². The molecule has 3 rings (SSSR count). The Balaban J connectivity index is 1.56. The van der Waals surface area contributed by atoms with E-state index in [-0.39, 0.29) is 24.9 Å². The van der Waals surface area contributed by atoms with E-state index < -0.39 is 6.10 Å². The first-order valence-corrected chi connectivity index (χ1v) is 12.1. The highest BCUT2D eigenvalue weighted by molar-refractivity contribution is 5.24. The zero-order chi connectivity index (χ0) is 22.4. The predicted molar refractivity (Wildman–Crippen MR) is 129 cm³/mol. The highest BCUT2D eigenvalue weighted by Gasteiger charge is 2.47. The Morgan fingerprint density at radius 3 is 1.75 bits per heavy atom. The van der Waals surface area contributed by atoms with Crippen molar-refractivity contribution >= 4 is 0 Å². The smallest absolute Gasteiger partial charge is 0.166 e. The summed E-state index contributed by atoms with van der Waals surface area (Å²) in [6.45, 7) is 3.69. The van der Waals surface area contributed by atoms with Gasteiger partial charge in [0.05, 0.1) is 12.7 Å². The molecule has 1 heterocycles. The normalized spacial score (nSPS) is 22.5. The molecular formula is C28H38O4. The van der Waals surface area contributed by atoms with Gasteiger partial charge in [-0.2, -0.15) is 0 Å². The third-order valence-corrected chi connectivity index (χ3v) is 6.01. The van der Waals surface area contributed by atoms with Crippen molar-refractivity contribution in [3.8, 4) is 11.5 Å². The van der Waals surface area contributed by atoms with E-state index in [9.17, 15) is 5.11 Å². The Bertz CT molecular complexity index is 749. The summed E-state index contributed by atoms with van der Waals surface area (Å²) in [5, 5.41) is 9.98. The molecule has 1 N–H and O–H groups in total. The molecule has 1 aliphatic heterocycles. The van der Waals surface area contributed by atoms with Gasteiger partial charge in [0.1, 0.15) is 17.6 Å². The van der Waals surface area contributed by atoms with Crippen LogP contribution in [0.2, 0.25) is 0 Å². The molecule has 2 aromatic carbocycles. The van der Waals surface area contributed by atoms with E-state index in [0.29, 0.717) is 0 Å². The third-order valence-electron chi connectivity index (χ3n) is 6.01. The number of unbranched alkanes of at least 4 members (excludes halogenated alkanes) is 7. The summed E-state index contributed by atoms with van der Waals surface area (Å²) in [5.41, 5.74) is 0. The first-order chi connectivity index (χ1) is 15.8. The Morgan fingerprint density at radius 1 is 0.719 bits per heavy atom. The maximum atomic E-state index is 9.98. The summed E-state index contributed by atoms with van der Waals surface area (Å²) in [5.74, 6) is 1.56. The van der Waals surface area contributed by atoms with E-state index in [1.165, 1.54) is 38.5 Å². The average Bonchev–Trinajstić information content (AvgIpc) is 3.15. The van der Waals surface area contributed by atoms with Crippen LogP contribution in [0.4, 0.5) is 0 Å². The molecule has 0 unspecified atom stereocenters. The van der Waals surface area contributed by atoms with E-state index in [4.69, 9.17) is 14.2 Å². The monoisotopic (exact) mass is 438 g/mol. The summed E-state index contributed by atoms with van der Waals surface area (Å²) >= 11 is 0. The van der Waals surface area contributed by atoms with Gasteiger partial charge in [0.25, 0.3) is 0 Å². The lowest BCUT2D eigenvalue weighted by atomic mass is 10.0. The van der Waals surface area contributed by atoms with E-state index in [2.05, 4.69) is 6.58 Å². The van der Waals surface area contributed by atoms with Crippen LogP contribution in [0, 0.1) is 0 Å². The number of hydrogen-bond donors (Lipinski definition) is 1. The van der Waals surface area contributed by atoms with Crippen LogP contribution in [0.25, 0.3) is 0 Å². The number of rotatable bonds is 15. The summed E-state index contributed by atoms with van der Waals surface area (Å²) in [6, 6.07) is 19.5. The molecule has 2 aromatic rings. The molecule has 0 radical (unpaired) electrons. The summed E-state index contributed by atoms with van der Waals surface area (Å²) < 4.78 is 18.9. The van der Waals surface area contributed by atoms with Gasteiger partial charge in [0.2, 0.25) is 0 Å². The topological polar surface area (TPSA) is 47.9 Å². The van der Waals surface area contributed by atoms with Crippen LogP contribution >= 0.6 is 0 Å². The highest BCUT2D eigenvalue weighted by atomic mass is 16.6. The lowest BCUT2D eigenvalue weighted by Gasteiger charge is -2.26. The number of ether oxygens (including phenoxy) is 3. The Kier molecular flexibility index (Phi) is 10.6. The fourth-order valence-electron chi connectivity index (χ4n) is 4.30. The van der Waals surface area contributed by atoms with E-state index in [0.717, 1.165) is 30.8 Å². The molecule has 4 heteroatoms. The molecule has 0 spiro atoms. The van der Waals surface area contributed by atoms with Gasteiger partial charge < -0.3 is 19.3 Å². The number of hydrogen-bond acceptors (Lipinski definition) is 4. The number of benzene rings is 2. The maximum absolute atomic E-state index is 9.98. The van der Waals surface area contributed by atoms with Crippen molar-refractivity contribution in [2.75, 3.05) is 6.61 Å². The Hall–Kier alpha value is -2.30. The fraction of sp³-hybridized carbons (Fsp3) is 0.500. The lowest BCUT2D eigenvalue weighted by Crippen LogP contribution is -2.42. The minimum absolute atomic E-state index is 0.0899. The second-order valence-corrected chi connectivity index (χ2v) is 8.53. The minimum Gasteiger partial charge on any atom is -0.484 e. The standard InChI is InChI=1S/C28H38O4/c1-2-3-4-5-6-7-8-9-16-21-25-27(30-23-17-12-10-13-18-23)28(26(22-29)32-25)31-24-19-14-11-15-20-24/h2,10-15,17-20,25-29H,1,3-9,16,21-22H2/t25-,26-,27-,28-/m1/s1. The third kappa shape index (κ3) is 7.68. The molecule has 32 heavy (non-hydrogen) atoms. The molecule has 0 saturated carbocycles. The molecule has 1 saturated heterocycles. The van der Waals surface area contributed by atoms with Gasteiger partial charge in [-0.3, -0.25) is 0 Å². The van der Waals surface area contributed by atoms with E-state index in [1.807, 2.05) is 66.7 Å². The van der Waals surface area contributed by atoms with Crippen LogP contribution in [0.1, 0.15) is 57.8 Å². The van der Waals surface area contributed by atoms with Gasteiger partial charge >= 0.3 is 0 Å². The minimum atomic E-state index is -0.404. The van der Waals surface area contributed by atoms with Crippen molar-refractivity contribution in [3.63, 3.8) is 0 Å². The van der Waals surface area contributed by atoms with E-state index in [1.54, 1.807) is 0 Å². The number of aliphatic hydroxyl groups is 1. The van der Waals surface area contributed by atoms with Gasteiger partial charge in [-0.15, -0.1) is 6.58 Å². The van der Waals surface area contributed by atoms with Crippen molar-refractivity contribution in [2.45, 2.75) is 82.2 Å². The van der Waals surface area contributed by atoms with Crippen LogP contribution in [-0.2, 0) is 4.74 Å². The molecule has 0 aromatic heterocycles. The average molecular weight is 439 g/mol. The van der Waals surface area contributed by atoms with Crippen LogP contribution in [0.3, 0.4) is 0 Å². The number of allylic oxidation sites excluding steroid dienone is 1. The van der Waals surface area contributed by atoms with Crippen molar-refractivity contribution in [1.29, 1.82) is 0 Å². The van der Waals surface area contributed by atoms with Crippen LogP contribution in [-0.4, -0.2) is 36.1 Å².